The summed E-state index contributed by atoms with van der Waals surface area (Å²) in [5, 5.41) is 0. The Bertz CT molecular complexity index is 1230. The first-order chi connectivity index (χ1) is 16.7. The molecule has 0 spiro atoms. The van der Waals surface area contributed by atoms with E-state index in [-0.39, 0.29) is 30.5 Å². The average Bonchev–Trinajstić information content (AvgIpc) is 3.16. The Labute approximate surface area is 203 Å². The van der Waals surface area contributed by atoms with E-state index in [1.165, 1.54) is 24.1 Å². The summed E-state index contributed by atoms with van der Waals surface area (Å²) in [4.78, 5) is 44.0. The minimum atomic E-state index is -0.887. The highest BCUT2D eigenvalue weighted by Crippen LogP contribution is 2.24. The van der Waals surface area contributed by atoms with Crippen molar-refractivity contribution in [2.24, 2.45) is 0 Å². The lowest BCUT2D eigenvalue weighted by atomic mass is 9.98. The molecule has 3 aromatic rings. The molecule has 7 nitrogen and oxygen atoms in total. The predicted molar refractivity (Wildman–Crippen MR) is 129 cm³/mol. The van der Waals surface area contributed by atoms with Crippen LogP contribution in [0.15, 0.2) is 48.5 Å². The molecule has 0 aliphatic carbocycles. The zero-order valence-electron chi connectivity index (χ0n) is 20.5. The summed E-state index contributed by atoms with van der Waals surface area (Å²) in [6, 6.07) is 11.5. The van der Waals surface area contributed by atoms with Gasteiger partial charge in [0.05, 0.1) is 19.8 Å². The molecule has 1 N–H and O–H groups in total. The predicted octanol–water partition coefficient (Wildman–Crippen LogP) is 4.87. The summed E-state index contributed by atoms with van der Waals surface area (Å²) in [6.07, 6.45) is 0. The van der Waals surface area contributed by atoms with Gasteiger partial charge in [0.2, 0.25) is 0 Å². The van der Waals surface area contributed by atoms with Gasteiger partial charge in [-0.15, -0.1) is 0 Å². The van der Waals surface area contributed by atoms with E-state index in [0.29, 0.717) is 33.7 Å². The van der Waals surface area contributed by atoms with Gasteiger partial charge in [0, 0.05) is 23.4 Å². The van der Waals surface area contributed by atoms with Gasteiger partial charge in [-0.05, 0) is 69.2 Å². The molecule has 0 aliphatic heterocycles. The van der Waals surface area contributed by atoms with Crippen molar-refractivity contribution in [1.29, 1.82) is 0 Å². The van der Waals surface area contributed by atoms with Crippen molar-refractivity contribution in [3.05, 3.63) is 88.0 Å². The van der Waals surface area contributed by atoms with Crippen LogP contribution in [0.2, 0.25) is 0 Å². The van der Waals surface area contributed by atoms with Crippen molar-refractivity contribution >= 4 is 17.7 Å². The molecule has 0 saturated carbocycles. The highest BCUT2D eigenvalue weighted by molar-refractivity contribution is 6.07. The summed E-state index contributed by atoms with van der Waals surface area (Å²) in [7, 11) is 1.50. The summed E-state index contributed by atoms with van der Waals surface area (Å²) in [5.41, 5.74) is 2.54. The number of nitrogens with one attached hydrogen (secondary N) is 1. The monoisotopic (exact) mass is 480 g/mol. The lowest BCUT2D eigenvalue weighted by molar-refractivity contribution is 0.0518. The van der Waals surface area contributed by atoms with E-state index in [0.717, 1.165) is 0 Å². The van der Waals surface area contributed by atoms with Gasteiger partial charge in [-0.25, -0.2) is 9.18 Å². The van der Waals surface area contributed by atoms with Crippen LogP contribution in [0, 0.1) is 19.7 Å². The van der Waals surface area contributed by atoms with Crippen molar-refractivity contribution in [3.63, 3.8) is 0 Å². The Morgan fingerprint density at radius 3 is 2.40 bits per heavy atom. The molecule has 0 bridgehead atoms. The number of Topliss-reactive ketones (excluding diaryl/α,β-unsaturated/α-hetero) is 1. The molecule has 1 aromatic heterocycles. The molecule has 1 atom stereocenters. The Morgan fingerprint density at radius 1 is 1.09 bits per heavy atom. The van der Waals surface area contributed by atoms with Gasteiger partial charge >= 0.3 is 5.97 Å². The van der Waals surface area contributed by atoms with E-state index >= 15 is 0 Å². The zero-order valence-corrected chi connectivity index (χ0v) is 20.5. The number of aryl methyl sites for hydroxylation is 1. The number of carbonyl (C=O) groups excluding carboxylic acids is 3. The smallest absolute Gasteiger partial charge is 0.355 e. The minimum absolute atomic E-state index is 0.0798. The number of benzene rings is 2. The molecule has 1 heterocycles. The van der Waals surface area contributed by atoms with Gasteiger partial charge in [0.25, 0.3) is 5.91 Å². The Hall–Kier alpha value is -3.94. The topological polar surface area (TPSA) is 88.7 Å². The van der Waals surface area contributed by atoms with Crippen molar-refractivity contribution < 1.29 is 28.2 Å². The largest absolute Gasteiger partial charge is 0.497 e. The SMILES string of the molecule is CCOC(=O)c1[nH]c(C)c(C(=O)[C@H](C)N(Cc2ccc(F)cc2)C(=O)c2cccc(OC)c2)c1C. The molecule has 35 heavy (non-hydrogen) atoms. The zero-order chi connectivity index (χ0) is 25.7. The maximum Gasteiger partial charge on any atom is 0.355 e. The van der Waals surface area contributed by atoms with Gasteiger partial charge in [0.1, 0.15) is 17.3 Å². The van der Waals surface area contributed by atoms with Crippen LogP contribution in [0.5, 0.6) is 5.75 Å². The molecule has 3 rings (SSSR count). The van der Waals surface area contributed by atoms with Gasteiger partial charge in [-0.3, -0.25) is 9.59 Å². The van der Waals surface area contributed by atoms with E-state index in [9.17, 15) is 18.8 Å². The third-order valence-electron chi connectivity index (χ3n) is 5.85. The number of aromatic amines is 1. The van der Waals surface area contributed by atoms with Crippen LogP contribution in [-0.4, -0.2) is 47.3 Å². The van der Waals surface area contributed by atoms with Crippen LogP contribution in [-0.2, 0) is 11.3 Å². The number of hydrogen-bond donors (Lipinski definition) is 1. The first-order valence-electron chi connectivity index (χ1n) is 11.3. The van der Waals surface area contributed by atoms with Crippen LogP contribution in [0.4, 0.5) is 4.39 Å². The van der Waals surface area contributed by atoms with E-state index in [4.69, 9.17) is 9.47 Å². The third-order valence-corrected chi connectivity index (χ3v) is 5.85. The number of ketones is 1. The maximum absolute atomic E-state index is 13.7. The molecule has 0 saturated heterocycles. The van der Waals surface area contributed by atoms with E-state index in [1.54, 1.807) is 64.1 Å². The lowest BCUT2D eigenvalue weighted by Crippen LogP contribution is -2.43. The quantitative estimate of drug-likeness (QED) is 0.349. The maximum atomic E-state index is 13.7. The highest BCUT2D eigenvalue weighted by atomic mass is 19.1. The fourth-order valence-electron chi connectivity index (χ4n) is 3.97. The first kappa shape index (κ1) is 25.7. The van der Waals surface area contributed by atoms with Crippen molar-refractivity contribution in [3.8, 4) is 5.75 Å². The number of esters is 1. The number of nitrogens with zero attached hydrogens (tertiary/aromatic N) is 1. The fourth-order valence-corrected chi connectivity index (χ4v) is 3.97. The van der Waals surface area contributed by atoms with Gasteiger partial charge < -0.3 is 19.4 Å². The summed E-state index contributed by atoms with van der Waals surface area (Å²) in [6.45, 7) is 7.00. The second-order valence-corrected chi connectivity index (χ2v) is 8.18. The van der Waals surface area contributed by atoms with E-state index < -0.39 is 17.8 Å². The number of carbonyl (C=O) groups is 3. The Morgan fingerprint density at radius 2 is 1.77 bits per heavy atom. The van der Waals surface area contributed by atoms with Crippen LogP contribution >= 0.6 is 0 Å². The van der Waals surface area contributed by atoms with Crippen LogP contribution in [0.3, 0.4) is 0 Å². The van der Waals surface area contributed by atoms with Crippen molar-refractivity contribution in [1.82, 2.24) is 9.88 Å². The second-order valence-electron chi connectivity index (χ2n) is 8.18. The van der Waals surface area contributed by atoms with E-state index in [1.807, 2.05) is 0 Å². The van der Waals surface area contributed by atoms with Crippen molar-refractivity contribution in [2.75, 3.05) is 13.7 Å². The molecule has 8 heteroatoms. The molecule has 1 amide bonds. The van der Waals surface area contributed by atoms with Crippen molar-refractivity contribution in [2.45, 2.75) is 40.3 Å². The molecule has 0 unspecified atom stereocenters. The number of H-pyrrole nitrogens is 1. The van der Waals surface area contributed by atoms with Gasteiger partial charge in [-0.1, -0.05) is 18.2 Å². The fraction of sp³-hybridized carbons (Fsp3) is 0.296. The van der Waals surface area contributed by atoms with Gasteiger partial charge in [0.15, 0.2) is 5.78 Å². The standard InChI is InChI=1S/C27H29FN2O5/c1-6-35-27(33)24-16(2)23(17(3)29-24)25(31)18(4)30(15-19-10-12-21(28)13-11-19)26(32)20-8-7-9-22(14-20)34-5/h7-14,18,29H,6,15H2,1-5H3/t18-/m0/s1. The number of hydrogen-bond acceptors (Lipinski definition) is 5. The molecular weight excluding hydrogens is 451 g/mol. The Balaban J connectivity index is 2.00. The average molecular weight is 481 g/mol. The van der Waals surface area contributed by atoms with Crippen LogP contribution in [0.25, 0.3) is 0 Å². The number of halogens is 1. The number of rotatable bonds is 9. The second kappa shape index (κ2) is 11.0. The highest BCUT2D eigenvalue weighted by Gasteiger charge is 2.32. The molecule has 2 aromatic carbocycles. The lowest BCUT2D eigenvalue weighted by Gasteiger charge is -2.29. The summed E-state index contributed by atoms with van der Waals surface area (Å²) in [5.74, 6) is -1.15. The third kappa shape index (κ3) is 5.59. The first-order valence-corrected chi connectivity index (χ1v) is 11.3. The van der Waals surface area contributed by atoms with Crippen LogP contribution < -0.4 is 4.74 Å². The number of amides is 1. The normalized spacial score (nSPS) is 11.6. The minimum Gasteiger partial charge on any atom is -0.497 e. The summed E-state index contributed by atoms with van der Waals surface area (Å²) >= 11 is 0. The molecule has 184 valence electrons. The number of aromatic nitrogens is 1. The van der Waals surface area contributed by atoms with Gasteiger partial charge in [-0.2, -0.15) is 0 Å². The van der Waals surface area contributed by atoms with E-state index in [2.05, 4.69) is 4.98 Å². The van der Waals surface area contributed by atoms with Crippen LogP contribution in [0.1, 0.15) is 61.9 Å². The Kier molecular flexibility index (Phi) is 8.06. The number of methoxy groups -OCH3 is 1. The molecular formula is C27H29FN2O5. The molecule has 0 aliphatic rings. The molecule has 0 radical (unpaired) electrons. The number of ether oxygens (including phenoxy) is 2. The summed E-state index contributed by atoms with van der Waals surface area (Å²) < 4.78 is 23.8. The molecule has 0 fully saturated rings.